The number of aromatic nitrogens is 2. The second-order valence-electron chi connectivity index (χ2n) is 6.58. The maximum atomic E-state index is 13.0. The summed E-state index contributed by atoms with van der Waals surface area (Å²) in [6.45, 7) is 2.41. The molecule has 0 bridgehead atoms. The number of amides is 2. The lowest BCUT2D eigenvalue weighted by Crippen LogP contribution is -2.35. The van der Waals surface area contributed by atoms with Gasteiger partial charge in [-0.05, 0) is 56.4 Å². The van der Waals surface area contributed by atoms with Crippen molar-refractivity contribution in [1.29, 1.82) is 0 Å². The Hall–Kier alpha value is -2.41. The van der Waals surface area contributed by atoms with Crippen LogP contribution in [-0.2, 0) is 0 Å². The van der Waals surface area contributed by atoms with E-state index in [2.05, 4.69) is 15.7 Å². The average Bonchev–Trinajstić information content (AvgIpc) is 2.94. The Bertz CT molecular complexity index is 729. The molecule has 1 saturated carbocycles. The molecule has 1 aliphatic rings. The van der Waals surface area contributed by atoms with Crippen LogP contribution in [0.2, 0.25) is 0 Å². The van der Waals surface area contributed by atoms with E-state index in [1.54, 1.807) is 22.9 Å². The Morgan fingerprint density at radius 3 is 2.84 bits per heavy atom. The number of aryl methyl sites for hydroxylation is 1. The summed E-state index contributed by atoms with van der Waals surface area (Å²) < 4.78 is 14.7. The van der Waals surface area contributed by atoms with Crippen LogP contribution in [0, 0.1) is 18.7 Å². The van der Waals surface area contributed by atoms with Crippen molar-refractivity contribution in [3.05, 3.63) is 41.8 Å². The SMILES string of the molecule is Cc1cc(NC(=O)NCC2CCCC(O)C2)nn1-c1ccc(F)cc1. The molecule has 1 heterocycles. The van der Waals surface area contributed by atoms with Gasteiger partial charge in [0.2, 0.25) is 0 Å². The van der Waals surface area contributed by atoms with Crippen molar-refractivity contribution < 1.29 is 14.3 Å². The molecule has 25 heavy (non-hydrogen) atoms. The van der Waals surface area contributed by atoms with E-state index in [9.17, 15) is 14.3 Å². The number of nitrogens with one attached hydrogen (secondary N) is 2. The number of aliphatic hydroxyl groups is 1. The summed E-state index contributed by atoms with van der Waals surface area (Å²) >= 11 is 0. The van der Waals surface area contributed by atoms with Crippen molar-refractivity contribution >= 4 is 11.8 Å². The highest BCUT2D eigenvalue weighted by Crippen LogP contribution is 2.23. The Morgan fingerprint density at radius 1 is 1.36 bits per heavy atom. The minimum atomic E-state index is -0.316. The van der Waals surface area contributed by atoms with Crippen LogP contribution in [0.3, 0.4) is 0 Å². The molecule has 6 nitrogen and oxygen atoms in total. The number of carbonyl (C=O) groups excluding carboxylic acids is 1. The maximum Gasteiger partial charge on any atom is 0.320 e. The van der Waals surface area contributed by atoms with Crippen molar-refractivity contribution in [2.75, 3.05) is 11.9 Å². The van der Waals surface area contributed by atoms with E-state index in [4.69, 9.17) is 0 Å². The Labute approximate surface area is 146 Å². The van der Waals surface area contributed by atoms with Crippen LogP contribution < -0.4 is 10.6 Å². The van der Waals surface area contributed by atoms with Crippen LogP contribution >= 0.6 is 0 Å². The number of benzene rings is 1. The van der Waals surface area contributed by atoms with Crippen molar-refractivity contribution in [1.82, 2.24) is 15.1 Å². The molecule has 2 amide bonds. The lowest BCUT2D eigenvalue weighted by Gasteiger charge is -2.25. The van der Waals surface area contributed by atoms with Gasteiger partial charge in [-0.25, -0.2) is 13.9 Å². The van der Waals surface area contributed by atoms with Gasteiger partial charge in [0.15, 0.2) is 5.82 Å². The van der Waals surface area contributed by atoms with Gasteiger partial charge in [0.1, 0.15) is 5.82 Å². The molecule has 0 aliphatic heterocycles. The van der Waals surface area contributed by atoms with E-state index in [0.29, 0.717) is 18.3 Å². The zero-order chi connectivity index (χ0) is 17.8. The number of carbonyl (C=O) groups is 1. The number of hydrogen-bond donors (Lipinski definition) is 3. The van der Waals surface area contributed by atoms with Crippen molar-refractivity contribution in [3.8, 4) is 5.69 Å². The Morgan fingerprint density at radius 2 is 2.12 bits per heavy atom. The fourth-order valence-electron chi connectivity index (χ4n) is 3.22. The molecule has 134 valence electrons. The van der Waals surface area contributed by atoms with Gasteiger partial charge in [-0.15, -0.1) is 5.10 Å². The summed E-state index contributed by atoms with van der Waals surface area (Å²) in [5.74, 6) is 0.440. The van der Waals surface area contributed by atoms with Crippen LogP contribution in [0.5, 0.6) is 0 Å². The predicted octanol–water partition coefficient (Wildman–Crippen LogP) is 2.99. The molecule has 3 N–H and O–H groups in total. The molecule has 0 saturated heterocycles. The average molecular weight is 346 g/mol. The van der Waals surface area contributed by atoms with E-state index in [1.165, 1.54) is 12.1 Å². The van der Waals surface area contributed by atoms with Crippen molar-refractivity contribution in [2.24, 2.45) is 5.92 Å². The number of anilines is 1. The Balaban J connectivity index is 1.56. The number of urea groups is 1. The van der Waals surface area contributed by atoms with Crippen molar-refractivity contribution in [2.45, 2.75) is 38.7 Å². The van der Waals surface area contributed by atoms with Gasteiger partial charge in [0, 0.05) is 18.3 Å². The minimum Gasteiger partial charge on any atom is -0.393 e. The zero-order valence-electron chi connectivity index (χ0n) is 14.2. The smallest absolute Gasteiger partial charge is 0.320 e. The normalized spacial score (nSPS) is 20.3. The third-order valence-corrected chi connectivity index (χ3v) is 4.51. The van der Waals surface area contributed by atoms with Gasteiger partial charge < -0.3 is 10.4 Å². The molecular weight excluding hydrogens is 323 g/mol. The molecule has 1 aliphatic carbocycles. The summed E-state index contributed by atoms with van der Waals surface area (Å²) in [6.07, 6.45) is 3.35. The van der Waals surface area contributed by atoms with E-state index in [1.807, 2.05) is 6.92 Å². The first kappa shape index (κ1) is 17.4. The first-order valence-electron chi connectivity index (χ1n) is 8.57. The number of aliphatic hydroxyl groups excluding tert-OH is 1. The number of nitrogens with zero attached hydrogens (tertiary/aromatic N) is 2. The highest BCUT2D eigenvalue weighted by Gasteiger charge is 2.20. The Kier molecular flexibility index (Phi) is 5.33. The molecule has 0 radical (unpaired) electrons. The topological polar surface area (TPSA) is 79.2 Å². The summed E-state index contributed by atoms with van der Waals surface area (Å²) in [5.41, 5.74) is 1.56. The fourth-order valence-corrected chi connectivity index (χ4v) is 3.22. The van der Waals surface area contributed by atoms with Crippen LogP contribution in [0.4, 0.5) is 15.0 Å². The number of rotatable bonds is 4. The molecule has 1 fully saturated rings. The monoisotopic (exact) mass is 346 g/mol. The lowest BCUT2D eigenvalue weighted by atomic mass is 9.87. The molecule has 1 aromatic heterocycles. The van der Waals surface area contributed by atoms with Crippen LogP contribution in [-0.4, -0.2) is 33.6 Å². The summed E-state index contributed by atoms with van der Waals surface area (Å²) in [4.78, 5) is 12.1. The van der Waals surface area contributed by atoms with E-state index in [-0.39, 0.29) is 18.0 Å². The van der Waals surface area contributed by atoms with E-state index >= 15 is 0 Å². The summed E-state index contributed by atoms with van der Waals surface area (Å²) in [6, 6.07) is 7.45. The molecule has 0 spiro atoms. The molecule has 2 unspecified atom stereocenters. The molecule has 3 rings (SSSR count). The molecular formula is C18H23FN4O2. The summed E-state index contributed by atoms with van der Waals surface area (Å²) in [5, 5.41) is 19.6. The third-order valence-electron chi connectivity index (χ3n) is 4.51. The predicted molar refractivity (Wildman–Crippen MR) is 93.2 cm³/mol. The lowest BCUT2D eigenvalue weighted by molar-refractivity contribution is 0.101. The zero-order valence-corrected chi connectivity index (χ0v) is 14.2. The minimum absolute atomic E-state index is 0.252. The van der Waals surface area contributed by atoms with Crippen LogP contribution in [0.15, 0.2) is 30.3 Å². The third kappa shape index (κ3) is 4.57. The molecule has 1 aromatic carbocycles. The van der Waals surface area contributed by atoms with E-state index < -0.39 is 0 Å². The first-order chi connectivity index (χ1) is 12.0. The second-order valence-corrected chi connectivity index (χ2v) is 6.58. The van der Waals surface area contributed by atoms with Crippen molar-refractivity contribution in [3.63, 3.8) is 0 Å². The fraction of sp³-hybridized carbons (Fsp3) is 0.444. The number of halogens is 1. The van der Waals surface area contributed by atoms with E-state index in [0.717, 1.165) is 37.1 Å². The standard InChI is InChI=1S/C18H23FN4O2/c1-12-9-17(22-23(12)15-7-5-14(19)6-8-15)21-18(25)20-11-13-3-2-4-16(24)10-13/h5-9,13,16,24H,2-4,10-11H2,1H3,(H2,20,21,22,25). The van der Waals surface area contributed by atoms with Gasteiger partial charge in [-0.1, -0.05) is 6.42 Å². The summed E-state index contributed by atoms with van der Waals surface area (Å²) in [7, 11) is 0. The highest BCUT2D eigenvalue weighted by molar-refractivity contribution is 5.88. The van der Waals surface area contributed by atoms with Gasteiger partial charge in [-0.3, -0.25) is 5.32 Å². The molecule has 2 atom stereocenters. The van der Waals surface area contributed by atoms with Gasteiger partial charge in [0.05, 0.1) is 11.8 Å². The molecule has 2 aromatic rings. The van der Waals surface area contributed by atoms with Gasteiger partial charge in [0.25, 0.3) is 0 Å². The van der Waals surface area contributed by atoms with Crippen LogP contribution in [0.25, 0.3) is 5.69 Å². The number of hydrogen-bond acceptors (Lipinski definition) is 3. The maximum absolute atomic E-state index is 13.0. The molecule has 7 heteroatoms. The highest BCUT2D eigenvalue weighted by atomic mass is 19.1. The largest absolute Gasteiger partial charge is 0.393 e. The first-order valence-corrected chi connectivity index (χ1v) is 8.57. The quantitative estimate of drug-likeness (QED) is 0.796. The van der Waals surface area contributed by atoms with Gasteiger partial charge >= 0.3 is 6.03 Å². The second kappa shape index (κ2) is 7.65. The van der Waals surface area contributed by atoms with Gasteiger partial charge in [-0.2, -0.15) is 0 Å². The van der Waals surface area contributed by atoms with Crippen LogP contribution in [0.1, 0.15) is 31.4 Å².